The summed E-state index contributed by atoms with van der Waals surface area (Å²) in [5.41, 5.74) is 1.62. The third-order valence-electron chi connectivity index (χ3n) is 5.04. The second kappa shape index (κ2) is 9.97. The molecule has 0 unspecified atom stereocenters. The van der Waals surface area contributed by atoms with Gasteiger partial charge >= 0.3 is 12.1 Å². The Balaban J connectivity index is 1.83. The van der Waals surface area contributed by atoms with Crippen molar-refractivity contribution in [2.45, 2.75) is 46.6 Å². The third-order valence-corrected chi connectivity index (χ3v) is 5.04. The SMILES string of the molecule is CCc1[nH]c(C(=O)NCCN2CCN(C(=O)OC(C)(C)C)CC2)c(C)c1C(=O)OC. The summed E-state index contributed by atoms with van der Waals surface area (Å²) in [7, 11) is 1.33. The summed E-state index contributed by atoms with van der Waals surface area (Å²) in [6.07, 6.45) is 0.311. The smallest absolute Gasteiger partial charge is 0.410 e. The van der Waals surface area contributed by atoms with Crippen molar-refractivity contribution in [2.24, 2.45) is 0 Å². The Labute approximate surface area is 178 Å². The van der Waals surface area contributed by atoms with Gasteiger partial charge in [0.15, 0.2) is 0 Å². The molecule has 0 atom stereocenters. The number of aryl methyl sites for hydroxylation is 1. The van der Waals surface area contributed by atoms with Gasteiger partial charge in [0.1, 0.15) is 11.3 Å². The number of aromatic nitrogens is 1. The van der Waals surface area contributed by atoms with E-state index in [0.717, 1.165) is 13.1 Å². The Kier molecular flexibility index (Phi) is 7.89. The summed E-state index contributed by atoms with van der Waals surface area (Å²) in [5.74, 6) is -0.688. The molecular weight excluding hydrogens is 388 g/mol. The molecule has 1 aliphatic heterocycles. The number of carbonyl (C=O) groups is 3. The topological polar surface area (TPSA) is 104 Å². The van der Waals surface area contributed by atoms with E-state index in [-0.39, 0.29) is 12.0 Å². The van der Waals surface area contributed by atoms with Gasteiger partial charge in [-0.15, -0.1) is 0 Å². The van der Waals surface area contributed by atoms with E-state index < -0.39 is 11.6 Å². The fourth-order valence-corrected chi connectivity index (χ4v) is 3.43. The Morgan fingerprint density at radius 2 is 1.77 bits per heavy atom. The molecule has 0 aromatic carbocycles. The second-order valence-electron chi connectivity index (χ2n) is 8.39. The van der Waals surface area contributed by atoms with Gasteiger partial charge in [-0.05, 0) is 39.7 Å². The number of carbonyl (C=O) groups excluding carboxylic acids is 3. The van der Waals surface area contributed by atoms with Crippen LogP contribution in [0.25, 0.3) is 0 Å². The molecule has 168 valence electrons. The van der Waals surface area contributed by atoms with Gasteiger partial charge in [0.25, 0.3) is 5.91 Å². The van der Waals surface area contributed by atoms with E-state index in [1.54, 1.807) is 11.8 Å². The number of methoxy groups -OCH3 is 1. The summed E-state index contributed by atoms with van der Waals surface area (Å²) in [4.78, 5) is 43.7. The average Bonchev–Trinajstić information content (AvgIpc) is 3.03. The van der Waals surface area contributed by atoms with Crippen LogP contribution in [0.4, 0.5) is 4.79 Å². The van der Waals surface area contributed by atoms with E-state index in [1.165, 1.54) is 7.11 Å². The molecular formula is C21H34N4O5. The second-order valence-corrected chi connectivity index (χ2v) is 8.39. The van der Waals surface area contributed by atoms with Gasteiger partial charge in [0, 0.05) is 45.0 Å². The molecule has 0 radical (unpaired) electrons. The molecule has 30 heavy (non-hydrogen) atoms. The number of aromatic amines is 1. The maximum absolute atomic E-state index is 12.6. The molecule has 2 amide bonds. The number of esters is 1. The summed E-state index contributed by atoms with van der Waals surface area (Å²) in [5, 5.41) is 2.90. The quantitative estimate of drug-likeness (QED) is 0.679. The van der Waals surface area contributed by atoms with Crippen LogP contribution in [-0.4, -0.2) is 84.7 Å². The van der Waals surface area contributed by atoms with E-state index in [1.807, 2.05) is 27.7 Å². The highest BCUT2D eigenvalue weighted by Gasteiger charge is 2.26. The van der Waals surface area contributed by atoms with E-state index in [9.17, 15) is 14.4 Å². The van der Waals surface area contributed by atoms with Crippen molar-refractivity contribution in [1.82, 2.24) is 20.1 Å². The number of ether oxygens (including phenoxy) is 2. The van der Waals surface area contributed by atoms with E-state index in [2.05, 4.69) is 15.2 Å². The summed E-state index contributed by atoms with van der Waals surface area (Å²) in [6.45, 7) is 13.0. The fraction of sp³-hybridized carbons (Fsp3) is 0.667. The lowest BCUT2D eigenvalue weighted by atomic mass is 10.1. The number of hydrogen-bond donors (Lipinski definition) is 2. The van der Waals surface area contributed by atoms with Crippen LogP contribution in [0.1, 0.15) is 59.8 Å². The molecule has 1 aliphatic rings. The molecule has 1 aromatic heterocycles. The van der Waals surface area contributed by atoms with Crippen molar-refractivity contribution in [2.75, 3.05) is 46.4 Å². The molecule has 1 saturated heterocycles. The molecule has 0 saturated carbocycles. The predicted molar refractivity (Wildman–Crippen MR) is 113 cm³/mol. The number of hydrogen-bond acceptors (Lipinski definition) is 6. The largest absolute Gasteiger partial charge is 0.465 e. The van der Waals surface area contributed by atoms with Crippen LogP contribution in [0, 0.1) is 6.92 Å². The summed E-state index contributed by atoms with van der Waals surface area (Å²) >= 11 is 0. The first-order chi connectivity index (χ1) is 14.1. The maximum atomic E-state index is 12.6. The average molecular weight is 423 g/mol. The zero-order valence-corrected chi connectivity index (χ0v) is 18.9. The van der Waals surface area contributed by atoms with E-state index in [4.69, 9.17) is 9.47 Å². The highest BCUT2D eigenvalue weighted by Crippen LogP contribution is 2.20. The molecule has 9 heteroatoms. The van der Waals surface area contributed by atoms with Gasteiger partial charge in [0.2, 0.25) is 0 Å². The fourth-order valence-electron chi connectivity index (χ4n) is 3.43. The first-order valence-electron chi connectivity index (χ1n) is 10.4. The van der Waals surface area contributed by atoms with Crippen LogP contribution in [0.5, 0.6) is 0 Å². The molecule has 2 heterocycles. The van der Waals surface area contributed by atoms with Gasteiger partial charge in [-0.1, -0.05) is 6.92 Å². The van der Waals surface area contributed by atoms with Crippen molar-refractivity contribution < 1.29 is 23.9 Å². The zero-order valence-electron chi connectivity index (χ0n) is 18.9. The highest BCUT2D eigenvalue weighted by atomic mass is 16.6. The van der Waals surface area contributed by atoms with Crippen LogP contribution < -0.4 is 5.32 Å². The Morgan fingerprint density at radius 1 is 1.13 bits per heavy atom. The number of rotatable bonds is 6. The van der Waals surface area contributed by atoms with Crippen molar-refractivity contribution in [3.8, 4) is 0 Å². The number of nitrogens with zero attached hydrogens (tertiary/aromatic N) is 2. The maximum Gasteiger partial charge on any atom is 0.410 e. The van der Waals surface area contributed by atoms with Gasteiger partial charge in [-0.2, -0.15) is 0 Å². The molecule has 1 aromatic rings. The van der Waals surface area contributed by atoms with Gasteiger partial charge in [-0.25, -0.2) is 9.59 Å². The van der Waals surface area contributed by atoms with Crippen molar-refractivity contribution in [3.05, 3.63) is 22.5 Å². The van der Waals surface area contributed by atoms with Crippen LogP contribution in [-0.2, 0) is 15.9 Å². The minimum atomic E-state index is -0.500. The lowest BCUT2D eigenvalue weighted by Crippen LogP contribution is -2.51. The van der Waals surface area contributed by atoms with Gasteiger partial charge < -0.3 is 24.7 Å². The highest BCUT2D eigenvalue weighted by molar-refractivity contribution is 6.00. The molecule has 0 spiro atoms. The van der Waals surface area contributed by atoms with Crippen LogP contribution >= 0.6 is 0 Å². The minimum Gasteiger partial charge on any atom is -0.465 e. The Bertz CT molecular complexity index is 773. The minimum absolute atomic E-state index is 0.246. The van der Waals surface area contributed by atoms with Crippen LogP contribution in [0.2, 0.25) is 0 Å². The Hall–Kier alpha value is -2.55. The van der Waals surface area contributed by atoms with Crippen molar-refractivity contribution in [3.63, 3.8) is 0 Å². The lowest BCUT2D eigenvalue weighted by Gasteiger charge is -2.35. The van der Waals surface area contributed by atoms with Crippen molar-refractivity contribution in [1.29, 1.82) is 0 Å². The Morgan fingerprint density at radius 3 is 2.30 bits per heavy atom. The van der Waals surface area contributed by atoms with Crippen LogP contribution in [0.15, 0.2) is 0 Å². The summed E-state index contributed by atoms with van der Waals surface area (Å²) in [6, 6.07) is 0. The molecule has 0 bridgehead atoms. The monoisotopic (exact) mass is 422 g/mol. The predicted octanol–water partition coefficient (Wildman–Crippen LogP) is 1.95. The molecule has 1 fully saturated rings. The number of amides is 2. The van der Waals surface area contributed by atoms with E-state index in [0.29, 0.717) is 55.1 Å². The summed E-state index contributed by atoms with van der Waals surface area (Å²) < 4.78 is 10.2. The third kappa shape index (κ3) is 5.98. The molecule has 2 rings (SSSR count). The molecule has 0 aliphatic carbocycles. The standard InChI is InChI=1S/C21H34N4O5/c1-7-15-16(19(27)29-6)14(2)17(23-15)18(26)22-8-9-24-10-12-25(13-11-24)20(28)30-21(3,4)5/h23H,7-13H2,1-6H3,(H,22,26). The first kappa shape index (κ1) is 23.7. The molecule has 2 N–H and O–H groups in total. The van der Waals surface area contributed by atoms with Crippen molar-refractivity contribution >= 4 is 18.0 Å². The van der Waals surface area contributed by atoms with Crippen LogP contribution in [0.3, 0.4) is 0 Å². The normalized spacial score (nSPS) is 15.1. The first-order valence-corrected chi connectivity index (χ1v) is 10.4. The number of piperazine rings is 1. The number of nitrogens with one attached hydrogen (secondary N) is 2. The van der Waals surface area contributed by atoms with Gasteiger partial charge in [0.05, 0.1) is 12.7 Å². The lowest BCUT2D eigenvalue weighted by molar-refractivity contribution is 0.0146. The zero-order chi connectivity index (χ0) is 22.5. The number of H-pyrrole nitrogens is 1. The molecule has 9 nitrogen and oxygen atoms in total. The van der Waals surface area contributed by atoms with E-state index >= 15 is 0 Å². The van der Waals surface area contributed by atoms with Gasteiger partial charge in [-0.3, -0.25) is 9.69 Å².